The van der Waals surface area contributed by atoms with Gasteiger partial charge in [-0.2, -0.15) is 0 Å². The number of urea groups is 1. The van der Waals surface area contributed by atoms with Crippen LogP contribution in [0.15, 0.2) is 18.2 Å². The molecule has 0 aliphatic heterocycles. The predicted octanol–water partition coefficient (Wildman–Crippen LogP) is 1.89. The molecule has 7 heteroatoms. The van der Waals surface area contributed by atoms with E-state index in [1.165, 1.54) is 13.2 Å². The summed E-state index contributed by atoms with van der Waals surface area (Å²) in [6.45, 7) is 5.65. The third-order valence-electron chi connectivity index (χ3n) is 3.35. The highest BCUT2D eigenvalue weighted by molar-refractivity contribution is 5.96. The van der Waals surface area contributed by atoms with Gasteiger partial charge in [-0.1, -0.05) is 6.07 Å². The van der Waals surface area contributed by atoms with Gasteiger partial charge in [-0.05, 0) is 45.5 Å². The minimum Gasteiger partial charge on any atom is -0.494 e. The second-order valence-electron chi connectivity index (χ2n) is 5.68. The number of carbonyl (C=O) groups excluding carboxylic acids is 2. The van der Waals surface area contributed by atoms with Crippen LogP contribution in [0.1, 0.15) is 26.3 Å². The number of nitrogens with zero attached hydrogens (tertiary/aromatic N) is 1. The van der Waals surface area contributed by atoms with E-state index in [0.29, 0.717) is 12.1 Å². The van der Waals surface area contributed by atoms with Crippen LogP contribution in [0.4, 0.5) is 9.18 Å². The molecule has 1 unspecified atom stereocenters. The SMILES string of the molecule is COc1ccc(CN(C)C(C)C(=O)NC(=O)NC(C)C)cc1F. The fourth-order valence-corrected chi connectivity index (χ4v) is 1.95. The van der Waals surface area contributed by atoms with Crippen molar-refractivity contribution in [1.29, 1.82) is 0 Å². The smallest absolute Gasteiger partial charge is 0.321 e. The first-order chi connectivity index (χ1) is 10.7. The van der Waals surface area contributed by atoms with Gasteiger partial charge in [0.15, 0.2) is 11.6 Å². The van der Waals surface area contributed by atoms with Crippen LogP contribution in [0.25, 0.3) is 0 Å². The van der Waals surface area contributed by atoms with Gasteiger partial charge < -0.3 is 10.1 Å². The van der Waals surface area contributed by atoms with Crippen LogP contribution in [-0.2, 0) is 11.3 Å². The number of imide groups is 1. The second kappa shape index (κ2) is 8.47. The third-order valence-corrected chi connectivity index (χ3v) is 3.35. The molecule has 1 atom stereocenters. The zero-order chi connectivity index (χ0) is 17.6. The van der Waals surface area contributed by atoms with Gasteiger partial charge in [-0.25, -0.2) is 9.18 Å². The second-order valence-corrected chi connectivity index (χ2v) is 5.68. The Morgan fingerprint density at radius 2 is 1.96 bits per heavy atom. The zero-order valence-electron chi connectivity index (χ0n) is 14.1. The van der Waals surface area contributed by atoms with E-state index in [0.717, 1.165) is 0 Å². The minimum atomic E-state index is -0.543. The summed E-state index contributed by atoms with van der Waals surface area (Å²) < 4.78 is 18.5. The Morgan fingerprint density at radius 3 is 2.48 bits per heavy atom. The number of likely N-dealkylation sites (N-methyl/N-ethyl adjacent to an activating group) is 1. The average Bonchev–Trinajstić information content (AvgIpc) is 2.45. The number of methoxy groups -OCH3 is 1. The van der Waals surface area contributed by atoms with E-state index >= 15 is 0 Å². The fraction of sp³-hybridized carbons (Fsp3) is 0.500. The average molecular weight is 325 g/mol. The van der Waals surface area contributed by atoms with Crippen molar-refractivity contribution in [2.24, 2.45) is 0 Å². The maximum Gasteiger partial charge on any atom is 0.321 e. The topological polar surface area (TPSA) is 70.7 Å². The first kappa shape index (κ1) is 18.9. The summed E-state index contributed by atoms with van der Waals surface area (Å²) in [7, 11) is 3.13. The third kappa shape index (κ3) is 5.86. The highest BCUT2D eigenvalue weighted by Crippen LogP contribution is 2.18. The summed E-state index contributed by atoms with van der Waals surface area (Å²) in [5, 5.41) is 4.87. The summed E-state index contributed by atoms with van der Waals surface area (Å²) in [5.74, 6) is -0.695. The molecule has 0 bridgehead atoms. The molecule has 0 saturated carbocycles. The van der Waals surface area contributed by atoms with Gasteiger partial charge in [-0.15, -0.1) is 0 Å². The van der Waals surface area contributed by atoms with Crippen molar-refractivity contribution >= 4 is 11.9 Å². The lowest BCUT2D eigenvalue weighted by molar-refractivity contribution is -0.124. The Bertz CT molecular complexity index is 564. The molecule has 1 rings (SSSR count). The molecule has 0 aromatic heterocycles. The molecule has 23 heavy (non-hydrogen) atoms. The molecule has 0 aliphatic rings. The van der Waals surface area contributed by atoms with E-state index in [9.17, 15) is 14.0 Å². The Labute approximate surface area is 136 Å². The molecule has 2 N–H and O–H groups in total. The van der Waals surface area contributed by atoms with Crippen LogP contribution in [0.3, 0.4) is 0 Å². The van der Waals surface area contributed by atoms with Gasteiger partial charge in [0, 0.05) is 12.6 Å². The number of halogens is 1. The summed E-state index contributed by atoms with van der Waals surface area (Å²) in [6, 6.07) is 3.51. The number of ether oxygens (including phenoxy) is 1. The lowest BCUT2D eigenvalue weighted by Gasteiger charge is -2.24. The number of amides is 3. The van der Waals surface area contributed by atoms with Crippen molar-refractivity contribution in [2.45, 2.75) is 39.4 Å². The molecular formula is C16H24FN3O3. The van der Waals surface area contributed by atoms with Crippen molar-refractivity contribution in [1.82, 2.24) is 15.5 Å². The standard InChI is InChI=1S/C16H24FN3O3/c1-10(2)18-16(22)19-15(21)11(3)20(4)9-12-6-7-14(23-5)13(17)8-12/h6-8,10-11H,9H2,1-5H3,(H2,18,19,21,22). The largest absolute Gasteiger partial charge is 0.494 e. The normalized spacial score (nSPS) is 12.2. The molecule has 128 valence electrons. The van der Waals surface area contributed by atoms with Gasteiger partial charge in [0.1, 0.15) is 0 Å². The van der Waals surface area contributed by atoms with Crippen molar-refractivity contribution < 1.29 is 18.7 Å². The first-order valence-electron chi connectivity index (χ1n) is 7.38. The monoisotopic (exact) mass is 325 g/mol. The van der Waals surface area contributed by atoms with Crippen LogP contribution in [0.5, 0.6) is 5.75 Å². The summed E-state index contributed by atoms with van der Waals surface area (Å²) in [4.78, 5) is 25.3. The zero-order valence-corrected chi connectivity index (χ0v) is 14.1. The molecule has 6 nitrogen and oxygen atoms in total. The van der Waals surface area contributed by atoms with E-state index in [-0.39, 0.29) is 11.8 Å². The highest BCUT2D eigenvalue weighted by atomic mass is 19.1. The van der Waals surface area contributed by atoms with Crippen molar-refractivity contribution in [3.8, 4) is 5.75 Å². The van der Waals surface area contributed by atoms with Crippen LogP contribution in [-0.4, -0.2) is 43.1 Å². The highest BCUT2D eigenvalue weighted by Gasteiger charge is 2.20. The van der Waals surface area contributed by atoms with Gasteiger partial charge in [0.05, 0.1) is 13.2 Å². The van der Waals surface area contributed by atoms with Crippen molar-refractivity contribution in [3.05, 3.63) is 29.6 Å². The summed E-state index contributed by atoms with van der Waals surface area (Å²) in [6.07, 6.45) is 0. The van der Waals surface area contributed by atoms with Gasteiger partial charge >= 0.3 is 6.03 Å². The molecule has 0 saturated heterocycles. The quantitative estimate of drug-likeness (QED) is 0.838. The van der Waals surface area contributed by atoms with Gasteiger partial charge in [0.2, 0.25) is 5.91 Å². The van der Waals surface area contributed by atoms with E-state index in [2.05, 4.69) is 10.6 Å². The molecule has 0 heterocycles. The van der Waals surface area contributed by atoms with Crippen LogP contribution >= 0.6 is 0 Å². The fourth-order valence-electron chi connectivity index (χ4n) is 1.95. The maximum absolute atomic E-state index is 13.7. The predicted molar refractivity (Wildman–Crippen MR) is 85.7 cm³/mol. The Kier molecular flexibility index (Phi) is 6.96. The number of rotatable bonds is 6. The van der Waals surface area contributed by atoms with Gasteiger partial charge in [0.25, 0.3) is 0 Å². The molecule has 1 aromatic carbocycles. The molecule has 3 amide bonds. The number of carbonyl (C=O) groups is 2. The molecule has 0 fully saturated rings. The number of nitrogens with one attached hydrogen (secondary N) is 2. The Balaban J connectivity index is 2.62. The van der Waals surface area contributed by atoms with E-state index in [4.69, 9.17) is 4.74 Å². The summed E-state index contributed by atoms with van der Waals surface area (Å²) >= 11 is 0. The molecule has 1 aromatic rings. The van der Waals surface area contributed by atoms with E-state index < -0.39 is 23.8 Å². The van der Waals surface area contributed by atoms with Crippen molar-refractivity contribution in [2.75, 3.05) is 14.2 Å². The van der Waals surface area contributed by atoms with E-state index in [1.807, 2.05) is 0 Å². The van der Waals surface area contributed by atoms with E-state index in [1.54, 1.807) is 44.9 Å². The molecule has 0 spiro atoms. The van der Waals surface area contributed by atoms with Gasteiger partial charge in [-0.3, -0.25) is 15.0 Å². The minimum absolute atomic E-state index is 0.0573. The first-order valence-corrected chi connectivity index (χ1v) is 7.38. The Morgan fingerprint density at radius 1 is 1.30 bits per heavy atom. The number of hydrogen-bond donors (Lipinski definition) is 2. The van der Waals surface area contributed by atoms with Crippen LogP contribution in [0.2, 0.25) is 0 Å². The van der Waals surface area contributed by atoms with Crippen LogP contribution in [0, 0.1) is 5.82 Å². The maximum atomic E-state index is 13.7. The lowest BCUT2D eigenvalue weighted by Crippen LogP contribution is -2.49. The van der Waals surface area contributed by atoms with Crippen molar-refractivity contribution in [3.63, 3.8) is 0 Å². The number of hydrogen-bond acceptors (Lipinski definition) is 4. The lowest BCUT2D eigenvalue weighted by atomic mass is 10.1. The molecule has 0 aliphatic carbocycles. The van der Waals surface area contributed by atoms with Crippen LogP contribution < -0.4 is 15.4 Å². The number of benzene rings is 1. The Hall–Kier alpha value is -2.15. The molecule has 0 radical (unpaired) electrons. The summed E-state index contributed by atoms with van der Waals surface area (Å²) in [5.41, 5.74) is 0.706. The molecular weight excluding hydrogens is 301 g/mol.